The summed E-state index contributed by atoms with van der Waals surface area (Å²) < 4.78 is 5.26. The van der Waals surface area contributed by atoms with Gasteiger partial charge < -0.3 is 10.1 Å². The zero-order chi connectivity index (χ0) is 19.5. The number of rotatable bonds is 7. The van der Waals surface area contributed by atoms with E-state index in [0.29, 0.717) is 30.8 Å². The molecule has 0 heterocycles. The molecule has 0 aromatic rings. The van der Waals surface area contributed by atoms with Crippen LogP contribution in [0.5, 0.6) is 0 Å². The van der Waals surface area contributed by atoms with Crippen LogP contribution in [0.1, 0.15) is 60.3 Å². The molecule has 0 radical (unpaired) electrons. The maximum absolute atomic E-state index is 11.9. The molecule has 1 saturated carbocycles. The highest BCUT2D eigenvalue weighted by Crippen LogP contribution is 2.55. The quantitative estimate of drug-likeness (QED) is 0.549. The van der Waals surface area contributed by atoms with Crippen LogP contribution in [-0.4, -0.2) is 30.9 Å². The van der Waals surface area contributed by atoms with E-state index >= 15 is 0 Å². The lowest BCUT2D eigenvalue weighted by Crippen LogP contribution is -2.55. The highest BCUT2D eigenvalue weighted by atomic mass is 16.5. The average Bonchev–Trinajstić information content (AvgIpc) is 2.63. The van der Waals surface area contributed by atoms with E-state index in [9.17, 15) is 9.59 Å². The fourth-order valence-corrected chi connectivity index (χ4v) is 4.96. The number of carbonyl (C=O) groups excluding carboxylic acids is 2. The van der Waals surface area contributed by atoms with Gasteiger partial charge in [0.05, 0.1) is 6.61 Å². The van der Waals surface area contributed by atoms with Crippen molar-refractivity contribution in [3.05, 3.63) is 23.8 Å². The first-order valence-electron chi connectivity index (χ1n) is 9.97. The maximum atomic E-state index is 11.9. The normalized spacial score (nSPS) is 33.2. The van der Waals surface area contributed by atoms with E-state index in [1.807, 2.05) is 20.0 Å². The van der Waals surface area contributed by atoms with Crippen molar-refractivity contribution in [2.75, 3.05) is 13.7 Å². The Balaban J connectivity index is 2.15. The number of hydrogen-bond donors (Lipinski definition) is 1. The number of hydrogen-bond acceptors (Lipinski definition) is 4. The van der Waals surface area contributed by atoms with E-state index in [-0.39, 0.29) is 22.7 Å². The predicted octanol–water partition coefficient (Wildman–Crippen LogP) is 4.06. The van der Waals surface area contributed by atoms with Gasteiger partial charge in [-0.05, 0) is 63.1 Å². The molecule has 146 valence electrons. The minimum atomic E-state index is -0.130. The van der Waals surface area contributed by atoms with Crippen LogP contribution in [0.2, 0.25) is 0 Å². The highest BCUT2D eigenvalue weighted by molar-refractivity contribution is 6.01. The molecule has 2 rings (SSSR count). The van der Waals surface area contributed by atoms with Crippen molar-refractivity contribution in [1.82, 2.24) is 5.32 Å². The lowest BCUT2D eigenvalue weighted by molar-refractivity contribution is -0.143. The van der Waals surface area contributed by atoms with Crippen molar-refractivity contribution in [2.24, 2.45) is 23.2 Å². The summed E-state index contributed by atoms with van der Waals surface area (Å²) in [5, 5.41) is 3.57. The van der Waals surface area contributed by atoms with E-state index in [1.165, 1.54) is 5.57 Å². The van der Waals surface area contributed by atoms with Crippen LogP contribution in [0.25, 0.3) is 0 Å². The number of fused-ring (bicyclic) bond motifs is 1. The van der Waals surface area contributed by atoms with Crippen LogP contribution in [0.3, 0.4) is 0 Å². The predicted molar refractivity (Wildman–Crippen MR) is 105 cm³/mol. The molecule has 0 aromatic heterocycles. The second-order valence-electron chi connectivity index (χ2n) is 8.50. The molecule has 4 nitrogen and oxygen atoms in total. The second-order valence-corrected chi connectivity index (χ2v) is 8.50. The monoisotopic (exact) mass is 361 g/mol. The molecule has 0 bridgehead atoms. The van der Waals surface area contributed by atoms with E-state index in [1.54, 1.807) is 6.08 Å². The molecular weight excluding hydrogens is 326 g/mol. The molecule has 5 atom stereocenters. The SMILES string of the molecule is CCC(=O)OCCC[C@@](C)(NC)[C@@H]1C[C@H](C)C2=CC(=O)C=C[C@]2(C)[C@@H]1C. The van der Waals surface area contributed by atoms with Gasteiger partial charge in [-0.1, -0.05) is 39.3 Å². The largest absolute Gasteiger partial charge is 0.466 e. The Morgan fingerprint density at radius 3 is 2.73 bits per heavy atom. The van der Waals surface area contributed by atoms with Crippen molar-refractivity contribution in [1.29, 1.82) is 0 Å². The smallest absolute Gasteiger partial charge is 0.305 e. The number of nitrogens with one attached hydrogen (secondary N) is 1. The Labute approximate surface area is 158 Å². The summed E-state index contributed by atoms with van der Waals surface area (Å²) in [6, 6.07) is 0. The molecule has 0 aromatic carbocycles. The summed E-state index contributed by atoms with van der Waals surface area (Å²) in [5.74, 6) is 1.27. The standard InChI is InChI=1S/C22H35NO3/c1-7-20(25)26-12-8-10-22(5,23-6)19-13-15(2)18-14-17(24)9-11-21(18,4)16(19)3/h9,11,14-16,19,23H,7-8,10,12-13H2,1-6H3/t15-,16+,19+,21+,22+/m0/s1. The molecule has 1 N–H and O–H groups in total. The molecule has 26 heavy (non-hydrogen) atoms. The summed E-state index contributed by atoms with van der Waals surface area (Å²) in [6.45, 7) is 11.4. The minimum absolute atomic E-state index is 0.0316. The molecule has 0 unspecified atom stereocenters. The van der Waals surface area contributed by atoms with Crippen molar-refractivity contribution < 1.29 is 14.3 Å². The fourth-order valence-electron chi connectivity index (χ4n) is 4.96. The van der Waals surface area contributed by atoms with Gasteiger partial charge in [0.25, 0.3) is 0 Å². The Kier molecular flexibility index (Phi) is 6.49. The Hall–Kier alpha value is -1.42. The van der Waals surface area contributed by atoms with Gasteiger partial charge in [0, 0.05) is 17.4 Å². The molecule has 0 amide bonds. The van der Waals surface area contributed by atoms with Crippen molar-refractivity contribution in [3.63, 3.8) is 0 Å². The van der Waals surface area contributed by atoms with E-state index in [4.69, 9.17) is 4.74 Å². The van der Waals surface area contributed by atoms with Gasteiger partial charge in [-0.25, -0.2) is 0 Å². The van der Waals surface area contributed by atoms with Crippen LogP contribution in [-0.2, 0) is 14.3 Å². The van der Waals surface area contributed by atoms with Crippen molar-refractivity contribution >= 4 is 11.8 Å². The summed E-state index contributed by atoms with van der Waals surface area (Å²) in [5.41, 5.74) is 1.18. The minimum Gasteiger partial charge on any atom is -0.466 e. The second kappa shape index (κ2) is 8.08. The van der Waals surface area contributed by atoms with Gasteiger partial charge in [0.2, 0.25) is 0 Å². The summed E-state index contributed by atoms with van der Waals surface area (Å²) in [4.78, 5) is 23.2. The third-order valence-electron chi connectivity index (χ3n) is 6.98. The Morgan fingerprint density at radius 1 is 1.42 bits per heavy atom. The molecule has 0 aliphatic heterocycles. The lowest BCUT2D eigenvalue weighted by atomic mass is 9.52. The maximum Gasteiger partial charge on any atom is 0.305 e. The topological polar surface area (TPSA) is 55.4 Å². The Morgan fingerprint density at radius 2 is 2.12 bits per heavy atom. The van der Waals surface area contributed by atoms with Gasteiger partial charge in [0.1, 0.15) is 0 Å². The number of allylic oxidation sites excluding steroid dienone is 4. The lowest BCUT2D eigenvalue weighted by Gasteiger charge is -2.54. The molecule has 1 fully saturated rings. The van der Waals surface area contributed by atoms with E-state index in [0.717, 1.165) is 19.3 Å². The molecule has 0 saturated heterocycles. The summed E-state index contributed by atoms with van der Waals surface area (Å²) in [6.07, 6.45) is 9.02. The number of ether oxygens (including phenoxy) is 1. The van der Waals surface area contributed by atoms with Crippen LogP contribution < -0.4 is 5.32 Å². The van der Waals surface area contributed by atoms with Crippen LogP contribution in [0.4, 0.5) is 0 Å². The molecule has 0 spiro atoms. The summed E-state index contributed by atoms with van der Waals surface area (Å²) in [7, 11) is 2.03. The molecular formula is C22H35NO3. The van der Waals surface area contributed by atoms with Gasteiger partial charge in [-0.3, -0.25) is 9.59 Å². The zero-order valence-corrected chi connectivity index (χ0v) is 17.2. The molecule has 4 heteroatoms. The van der Waals surface area contributed by atoms with Crippen molar-refractivity contribution in [2.45, 2.75) is 65.8 Å². The van der Waals surface area contributed by atoms with Crippen LogP contribution in [0.15, 0.2) is 23.8 Å². The third-order valence-corrected chi connectivity index (χ3v) is 6.98. The molecule has 2 aliphatic rings. The first-order valence-corrected chi connectivity index (χ1v) is 9.97. The number of esters is 1. The Bertz CT molecular complexity index is 609. The average molecular weight is 362 g/mol. The molecule has 2 aliphatic carbocycles. The van der Waals surface area contributed by atoms with Gasteiger partial charge in [-0.15, -0.1) is 0 Å². The van der Waals surface area contributed by atoms with Crippen molar-refractivity contribution in [3.8, 4) is 0 Å². The number of carbonyl (C=O) groups is 2. The first-order chi connectivity index (χ1) is 12.2. The highest BCUT2D eigenvalue weighted by Gasteiger charge is 2.50. The third kappa shape index (κ3) is 3.95. The van der Waals surface area contributed by atoms with Gasteiger partial charge >= 0.3 is 5.97 Å². The fraction of sp³-hybridized carbons (Fsp3) is 0.727. The van der Waals surface area contributed by atoms with Gasteiger partial charge in [0.15, 0.2) is 5.78 Å². The van der Waals surface area contributed by atoms with E-state index < -0.39 is 0 Å². The van der Waals surface area contributed by atoms with Crippen LogP contribution in [0, 0.1) is 23.2 Å². The zero-order valence-electron chi connectivity index (χ0n) is 17.2. The first kappa shape index (κ1) is 20.9. The van der Waals surface area contributed by atoms with Crippen LogP contribution >= 0.6 is 0 Å². The van der Waals surface area contributed by atoms with Gasteiger partial charge in [-0.2, -0.15) is 0 Å². The number of ketones is 1. The summed E-state index contributed by atoms with van der Waals surface area (Å²) >= 11 is 0. The van der Waals surface area contributed by atoms with E-state index in [2.05, 4.69) is 39.1 Å².